The van der Waals surface area contributed by atoms with E-state index in [0.29, 0.717) is 17.4 Å². The molecule has 3 atom stereocenters. The number of likely N-dealkylation sites (N-methyl/N-ethyl adjacent to an activating group) is 1. The van der Waals surface area contributed by atoms with E-state index >= 15 is 0 Å². The van der Waals surface area contributed by atoms with Gasteiger partial charge in [-0.1, -0.05) is 269 Å². The van der Waals surface area contributed by atoms with Crippen LogP contribution in [0, 0.1) is 0 Å². The molecule has 0 saturated heterocycles. The first-order valence-electron chi connectivity index (χ1n) is 29.7. The highest BCUT2D eigenvalue weighted by Gasteiger charge is 2.27. The molecule has 0 aliphatic rings. The van der Waals surface area contributed by atoms with Crippen molar-refractivity contribution in [2.75, 3.05) is 40.9 Å². The predicted octanol–water partition coefficient (Wildman–Crippen LogP) is 18.0. The molecule has 0 radical (unpaired) electrons. The molecule has 0 aromatic rings. The van der Waals surface area contributed by atoms with Crippen LogP contribution < -0.4 is 5.32 Å². The van der Waals surface area contributed by atoms with Crippen molar-refractivity contribution in [1.82, 2.24) is 5.32 Å². The predicted molar refractivity (Wildman–Crippen MR) is 295 cm³/mol. The van der Waals surface area contributed by atoms with Gasteiger partial charge in [0.25, 0.3) is 0 Å². The molecular weight excluding hydrogens is 864 g/mol. The standard InChI is InChI=1S/C59H117N2O6P/c1-6-8-10-12-14-16-18-20-22-24-25-26-27-28-29-30-31-32-33-34-35-36-37-38-40-42-44-46-48-50-52-58(62)57(56-67-68(64,65)66-55-54-61(3,4)5)60-59(63)53-51-49-47-45-43-41-39-23-21-19-17-15-13-11-9-7-2/h23,39,50,52,57-58,62H,6-22,24-38,40-49,51,53-56H2,1-5H3,(H-,60,63,64,65)/p+1/b39-23-,52-50+. The summed E-state index contributed by atoms with van der Waals surface area (Å²) < 4.78 is 23.7. The maximum absolute atomic E-state index is 12.9. The first-order valence-corrected chi connectivity index (χ1v) is 31.2. The van der Waals surface area contributed by atoms with Gasteiger partial charge in [-0.25, -0.2) is 4.57 Å². The summed E-state index contributed by atoms with van der Waals surface area (Å²) in [6.45, 7) is 4.84. The fourth-order valence-electron chi connectivity index (χ4n) is 8.98. The van der Waals surface area contributed by atoms with Crippen LogP contribution in [0.4, 0.5) is 0 Å². The Morgan fingerprint density at radius 1 is 0.485 bits per heavy atom. The third-order valence-corrected chi connectivity index (χ3v) is 14.6. The van der Waals surface area contributed by atoms with Crippen molar-refractivity contribution in [3.05, 3.63) is 24.3 Å². The Labute approximate surface area is 424 Å². The largest absolute Gasteiger partial charge is 0.472 e. The number of nitrogens with zero attached hydrogens (tertiary/aromatic N) is 1. The molecule has 404 valence electrons. The van der Waals surface area contributed by atoms with Crippen molar-refractivity contribution in [3.63, 3.8) is 0 Å². The maximum Gasteiger partial charge on any atom is 0.472 e. The molecule has 0 spiro atoms. The van der Waals surface area contributed by atoms with E-state index in [1.807, 2.05) is 27.2 Å². The van der Waals surface area contributed by atoms with E-state index in [9.17, 15) is 19.4 Å². The van der Waals surface area contributed by atoms with Crippen LogP contribution in [0.1, 0.15) is 296 Å². The third kappa shape index (κ3) is 52.8. The summed E-state index contributed by atoms with van der Waals surface area (Å²) in [4.78, 5) is 23.3. The molecule has 8 nitrogen and oxygen atoms in total. The number of carbonyl (C=O) groups excluding carboxylic acids is 1. The summed E-state index contributed by atoms with van der Waals surface area (Å²) in [7, 11) is 1.58. The fourth-order valence-corrected chi connectivity index (χ4v) is 9.72. The number of amides is 1. The Morgan fingerprint density at radius 2 is 0.794 bits per heavy atom. The molecule has 0 rings (SSSR count). The number of unbranched alkanes of at least 4 members (excludes halogenated alkanes) is 40. The number of aliphatic hydroxyl groups is 1. The highest BCUT2D eigenvalue weighted by molar-refractivity contribution is 7.47. The highest BCUT2D eigenvalue weighted by Crippen LogP contribution is 2.43. The smallest absolute Gasteiger partial charge is 0.387 e. The van der Waals surface area contributed by atoms with Crippen LogP contribution >= 0.6 is 7.82 Å². The van der Waals surface area contributed by atoms with Crippen molar-refractivity contribution in [2.24, 2.45) is 0 Å². The van der Waals surface area contributed by atoms with E-state index in [1.165, 1.54) is 225 Å². The molecule has 0 aliphatic heterocycles. The lowest BCUT2D eigenvalue weighted by Gasteiger charge is -2.25. The number of aliphatic hydroxyl groups excluding tert-OH is 1. The average molecular weight is 983 g/mol. The molecule has 0 heterocycles. The van der Waals surface area contributed by atoms with Crippen LogP contribution in [0.5, 0.6) is 0 Å². The lowest BCUT2D eigenvalue weighted by Crippen LogP contribution is -2.45. The highest BCUT2D eigenvalue weighted by atomic mass is 31.2. The zero-order chi connectivity index (χ0) is 49.9. The van der Waals surface area contributed by atoms with Gasteiger partial charge in [0.2, 0.25) is 5.91 Å². The number of nitrogens with one attached hydrogen (secondary N) is 1. The van der Waals surface area contributed by atoms with Gasteiger partial charge in [0.05, 0.1) is 39.9 Å². The number of hydrogen-bond donors (Lipinski definition) is 3. The van der Waals surface area contributed by atoms with Crippen molar-refractivity contribution in [2.45, 2.75) is 309 Å². The number of allylic oxidation sites excluding steroid dienone is 3. The normalized spacial score (nSPS) is 14.0. The molecule has 0 saturated carbocycles. The molecule has 68 heavy (non-hydrogen) atoms. The second-order valence-electron chi connectivity index (χ2n) is 21.7. The first-order chi connectivity index (χ1) is 33.0. The number of quaternary nitrogens is 1. The van der Waals surface area contributed by atoms with E-state index < -0.39 is 20.0 Å². The SMILES string of the molecule is CCCCCCCCC/C=C\CCCCCCCC(=O)NC(COP(=O)(O)OCC[N+](C)(C)C)C(O)/C=C/CCCCCCCCCCCCCCCCCCCCCCCCCCCCCC. The minimum atomic E-state index is -4.35. The summed E-state index contributed by atoms with van der Waals surface area (Å²) in [6.07, 6.45) is 64.3. The van der Waals surface area contributed by atoms with E-state index in [0.717, 1.165) is 51.4 Å². The fraction of sp³-hybridized carbons (Fsp3) is 0.915. The number of rotatable bonds is 55. The second kappa shape index (κ2) is 50.9. The Bertz CT molecular complexity index is 1160. The summed E-state index contributed by atoms with van der Waals surface area (Å²) >= 11 is 0. The first kappa shape index (κ1) is 67.0. The summed E-state index contributed by atoms with van der Waals surface area (Å²) in [5, 5.41) is 13.9. The molecule has 0 aliphatic carbocycles. The van der Waals surface area contributed by atoms with Crippen molar-refractivity contribution >= 4 is 13.7 Å². The van der Waals surface area contributed by atoms with Crippen molar-refractivity contribution in [1.29, 1.82) is 0 Å². The van der Waals surface area contributed by atoms with Gasteiger partial charge in [-0.3, -0.25) is 13.8 Å². The molecule has 0 fully saturated rings. The van der Waals surface area contributed by atoms with Gasteiger partial charge >= 0.3 is 7.82 Å². The molecule has 0 aromatic carbocycles. The summed E-state index contributed by atoms with van der Waals surface area (Å²) in [5.74, 6) is -0.182. The van der Waals surface area contributed by atoms with Crippen molar-refractivity contribution in [3.8, 4) is 0 Å². The van der Waals surface area contributed by atoms with Gasteiger partial charge in [-0.2, -0.15) is 0 Å². The molecule has 9 heteroatoms. The Kier molecular flexibility index (Phi) is 50.1. The van der Waals surface area contributed by atoms with E-state index in [1.54, 1.807) is 6.08 Å². The van der Waals surface area contributed by atoms with E-state index in [-0.39, 0.29) is 19.1 Å². The molecule has 1 amide bonds. The zero-order valence-corrected chi connectivity index (χ0v) is 47.0. The van der Waals surface area contributed by atoms with Crippen molar-refractivity contribution < 1.29 is 32.9 Å². The maximum atomic E-state index is 12.9. The van der Waals surface area contributed by atoms with E-state index in [2.05, 4.69) is 31.3 Å². The van der Waals surface area contributed by atoms with Gasteiger partial charge in [-0.05, 0) is 44.9 Å². The Balaban J connectivity index is 4.11. The van der Waals surface area contributed by atoms with Gasteiger partial charge in [0.15, 0.2) is 0 Å². The van der Waals surface area contributed by atoms with Crippen LogP contribution in [0.15, 0.2) is 24.3 Å². The van der Waals surface area contributed by atoms with Crippen LogP contribution in [0.2, 0.25) is 0 Å². The number of carbonyl (C=O) groups is 1. The number of phosphoric ester groups is 1. The summed E-state index contributed by atoms with van der Waals surface area (Å²) in [5.41, 5.74) is 0. The minimum Gasteiger partial charge on any atom is -0.387 e. The Morgan fingerprint density at radius 3 is 1.13 bits per heavy atom. The topological polar surface area (TPSA) is 105 Å². The quantitative estimate of drug-likeness (QED) is 0.0243. The van der Waals surface area contributed by atoms with Crippen LogP contribution in [0.3, 0.4) is 0 Å². The number of hydrogen-bond acceptors (Lipinski definition) is 5. The average Bonchev–Trinajstić information content (AvgIpc) is 3.30. The lowest BCUT2D eigenvalue weighted by molar-refractivity contribution is -0.870. The summed E-state index contributed by atoms with van der Waals surface area (Å²) in [6, 6.07) is -0.849. The molecule has 0 aromatic heterocycles. The van der Waals surface area contributed by atoms with E-state index in [4.69, 9.17) is 9.05 Å². The van der Waals surface area contributed by atoms with Gasteiger partial charge in [-0.15, -0.1) is 0 Å². The monoisotopic (exact) mass is 982 g/mol. The minimum absolute atomic E-state index is 0.0615. The second-order valence-corrected chi connectivity index (χ2v) is 23.2. The van der Waals surface area contributed by atoms with Gasteiger partial charge in [0.1, 0.15) is 13.2 Å². The van der Waals surface area contributed by atoms with Crippen LogP contribution in [-0.4, -0.2) is 73.4 Å². The lowest BCUT2D eigenvalue weighted by atomic mass is 10.0. The Hall–Kier alpha value is -1.02. The number of phosphoric acid groups is 1. The molecule has 3 unspecified atom stereocenters. The zero-order valence-electron chi connectivity index (χ0n) is 46.1. The molecule has 3 N–H and O–H groups in total. The van der Waals surface area contributed by atoms with Crippen LogP contribution in [-0.2, 0) is 18.4 Å². The molecular formula is C59H118N2O6P+. The van der Waals surface area contributed by atoms with Gasteiger partial charge in [0, 0.05) is 6.42 Å². The van der Waals surface area contributed by atoms with Gasteiger partial charge < -0.3 is 19.8 Å². The van der Waals surface area contributed by atoms with Crippen LogP contribution in [0.25, 0.3) is 0 Å². The molecule has 0 bridgehead atoms. The third-order valence-electron chi connectivity index (χ3n) is 13.7.